The van der Waals surface area contributed by atoms with Gasteiger partial charge >= 0.3 is 0 Å². The van der Waals surface area contributed by atoms with Crippen molar-refractivity contribution in [2.24, 2.45) is 11.3 Å². The maximum Gasteiger partial charge on any atom is 0.268 e. The molecule has 4 aromatic carbocycles. The maximum atomic E-state index is 15.1. The van der Waals surface area contributed by atoms with Crippen molar-refractivity contribution < 1.29 is 46.4 Å². The van der Waals surface area contributed by atoms with Crippen LogP contribution in [-0.2, 0) is 23.0 Å². The van der Waals surface area contributed by atoms with E-state index in [1.807, 2.05) is 31.2 Å². The topological polar surface area (TPSA) is 202 Å². The van der Waals surface area contributed by atoms with Crippen molar-refractivity contribution >= 4 is 49.9 Å². The fourth-order valence-electron chi connectivity index (χ4n) is 13.2. The highest BCUT2D eigenvalue weighted by atomic mass is 32.2. The largest absolute Gasteiger partial charge is 0.629 e. The summed E-state index contributed by atoms with van der Waals surface area (Å²) < 4.78 is 77.6. The van der Waals surface area contributed by atoms with Crippen molar-refractivity contribution in [2.75, 3.05) is 63.6 Å². The Labute approximate surface area is 484 Å². The molecule has 2 aromatic heterocycles. The van der Waals surface area contributed by atoms with E-state index in [0.717, 1.165) is 95.1 Å². The molecule has 4 heterocycles. The van der Waals surface area contributed by atoms with E-state index in [4.69, 9.17) is 14.2 Å². The second kappa shape index (κ2) is 23.6. The number of allylic oxidation sites excluding steroid dienone is 1. The number of hydrogen-bond acceptors (Lipinski definition) is 14. The Kier molecular flexibility index (Phi) is 16.5. The van der Waals surface area contributed by atoms with E-state index >= 15 is 4.39 Å². The van der Waals surface area contributed by atoms with Crippen LogP contribution < -0.4 is 34.2 Å². The van der Waals surface area contributed by atoms with Gasteiger partial charge in [0.15, 0.2) is 11.4 Å². The van der Waals surface area contributed by atoms with Gasteiger partial charge < -0.3 is 44.8 Å². The molecule has 4 fully saturated rings. The number of aromatic amines is 1. The zero-order chi connectivity index (χ0) is 58.4. The summed E-state index contributed by atoms with van der Waals surface area (Å²) in [6, 6.07) is 25.0. The number of halogens is 2. The molecule has 1 spiro atoms. The van der Waals surface area contributed by atoms with Crippen LogP contribution in [0.1, 0.15) is 122 Å². The number of imidazole rings is 1. The smallest absolute Gasteiger partial charge is 0.268 e. The summed E-state index contributed by atoms with van der Waals surface area (Å²) in [5, 5.41) is 26.7. The van der Waals surface area contributed by atoms with Gasteiger partial charge in [-0.25, -0.2) is 27.5 Å². The molecule has 0 bridgehead atoms. The third-order valence-electron chi connectivity index (χ3n) is 18.0. The van der Waals surface area contributed by atoms with Crippen LogP contribution >= 0.6 is 0 Å². The summed E-state index contributed by atoms with van der Waals surface area (Å²) in [5.41, 5.74) is 5.43. The molecule has 2 aliphatic heterocycles. The minimum Gasteiger partial charge on any atom is -0.629 e. The summed E-state index contributed by atoms with van der Waals surface area (Å²) in [6.07, 6.45) is 9.53. The molecule has 2 unspecified atom stereocenters. The summed E-state index contributed by atoms with van der Waals surface area (Å²) in [4.78, 5) is 33.6. The number of carbonyl (C=O) groups is 1. The fourth-order valence-corrected chi connectivity index (χ4v) is 14.3. The average molecular weight is 1160 g/mol. The van der Waals surface area contributed by atoms with E-state index in [0.29, 0.717) is 60.3 Å². The minimum atomic E-state index is -4.72. The number of amides is 1. The van der Waals surface area contributed by atoms with Crippen molar-refractivity contribution in [3.8, 4) is 23.1 Å². The SMILES string of the molecule is C=CC(F)Oc1ccc(CN2CCN(C3CC4(CCN(c5ccc(C(=O)NS(=O)(=O)c6cc([NH+](C)[O-])c(NC[C@H]7CC[C@](C)(O)CC7)c7[nH]cnc67)c(Oc6nc7c(cc6OC)CC=C7F)c5)CC4)C3)[C@H](c3ccccc3C(C)C)C2)cc1. The second-order valence-electron chi connectivity index (χ2n) is 23.9. The number of quaternary nitrogens is 1. The van der Waals surface area contributed by atoms with Gasteiger partial charge in [0.1, 0.15) is 39.1 Å². The first-order valence-corrected chi connectivity index (χ1v) is 30.4. The number of carbonyl (C=O) groups excluding carboxylic acids is 1. The highest BCUT2D eigenvalue weighted by Crippen LogP contribution is 2.54. The number of piperazine rings is 1. The third kappa shape index (κ3) is 12.2. The number of piperidine rings is 1. The molecule has 2 saturated carbocycles. The molecule has 3 aliphatic carbocycles. The standard InChI is InChI=1S/C63H75F2N9O8S/c1-7-55(65)81-45-16-12-41(13-17-45)36-72-28-29-74(51(37-72)47-11-9-8-10-46(47)39(2)3)44-33-63(34-44)24-26-73(27-25-63)43-15-18-48(52(31-43)82-61-53(80-6)30-42-14-19-49(64)56(42)69-61)60(75)70-83(78,79)54-32-50(71(5)77)57(59-58(54)67-38-68-59)66-35-40-20-22-62(4,76)23-21-40/h7-13,15-19,30-32,38-40,44,51,55,66,71,76H,1,14,20-29,33-37H2,2-6H3,(H,67,68)(H,70,75)/t40-,51-,55?,62-/m0/s1. The van der Waals surface area contributed by atoms with E-state index in [-0.39, 0.29) is 62.1 Å². The maximum absolute atomic E-state index is 15.1. The van der Waals surface area contributed by atoms with Crippen LogP contribution in [-0.4, -0.2) is 116 Å². The van der Waals surface area contributed by atoms with Crippen molar-refractivity contribution in [2.45, 2.75) is 120 Å². The molecule has 20 heteroatoms. The van der Waals surface area contributed by atoms with Crippen LogP contribution in [0.15, 0.2) is 109 Å². The van der Waals surface area contributed by atoms with Gasteiger partial charge in [-0.05, 0) is 147 Å². The van der Waals surface area contributed by atoms with Crippen LogP contribution in [0.2, 0.25) is 0 Å². The third-order valence-corrected chi connectivity index (χ3v) is 19.3. The van der Waals surface area contributed by atoms with E-state index < -0.39 is 38.8 Å². The number of rotatable bonds is 19. The number of fused-ring (bicyclic) bond motifs is 2. The molecule has 83 heavy (non-hydrogen) atoms. The number of methoxy groups -OCH3 is 1. The number of benzene rings is 4. The van der Waals surface area contributed by atoms with Crippen molar-refractivity contribution in [1.82, 2.24) is 29.5 Å². The number of ether oxygens (including phenoxy) is 3. The van der Waals surface area contributed by atoms with Gasteiger partial charge in [0, 0.05) is 75.7 Å². The van der Waals surface area contributed by atoms with Crippen LogP contribution in [0, 0.1) is 16.5 Å². The fraction of sp³-hybridized carbons (Fsp3) is 0.444. The number of aromatic nitrogens is 3. The lowest BCUT2D eigenvalue weighted by Crippen LogP contribution is -2.98. The van der Waals surface area contributed by atoms with Gasteiger partial charge in [-0.2, -0.15) is 4.39 Å². The highest BCUT2D eigenvalue weighted by molar-refractivity contribution is 7.90. The number of pyridine rings is 1. The van der Waals surface area contributed by atoms with E-state index in [2.05, 4.69) is 84.4 Å². The molecule has 17 nitrogen and oxygen atoms in total. The van der Waals surface area contributed by atoms with Gasteiger partial charge in [-0.15, -0.1) is 0 Å². The van der Waals surface area contributed by atoms with E-state index in [1.54, 1.807) is 18.2 Å². The van der Waals surface area contributed by atoms with Crippen molar-refractivity contribution in [3.63, 3.8) is 0 Å². The van der Waals surface area contributed by atoms with Gasteiger partial charge in [-0.1, -0.05) is 56.8 Å². The minimum absolute atomic E-state index is 0.0261. The molecule has 5 aliphatic rings. The number of anilines is 2. The highest BCUT2D eigenvalue weighted by Gasteiger charge is 2.50. The Morgan fingerprint density at radius 2 is 1.76 bits per heavy atom. The molecular weight excluding hydrogens is 1080 g/mol. The quantitative estimate of drug-likeness (QED) is 0.0379. The number of alkyl halides is 1. The number of nitrogens with zero attached hydrogens (tertiary/aromatic N) is 5. The van der Waals surface area contributed by atoms with Gasteiger partial charge in [0.05, 0.1) is 37.2 Å². The van der Waals surface area contributed by atoms with Gasteiger partial charge in [-0.3, -0.25) is 14.6 Å². The summed E-state index contributed by atoms with van der Waals surface area (Å²) in [6.45, 7) is 15.2. The van der Waals surface area contributed by atoms with E-state index in [9.17, 15) is 27.9 Å². The molecule has 440 valence electrons. The molecule has 5 N–H and O–H groups in total. The number of hydroxylamine groups is 1. The summed E-state index contributed by atoms with van der Waals surface area (Å²) in [5.74, 6) is -0.423. The molecule has 0 radical (unpaired) electrons. The predicted molar refractivity (Wildman–Crippen MR) is 316 cm³/mol. The molecule has 11 rings (SSSR count). The second-order valence-corrected chi connectivity index (χ2v) is 25.6. The van der Waals surface area contributed by atoms with Crippen LogP contribution in [0.5, 0.6) is 23.1 Å². The molecule has 6 aromatic rings. The van der Waals surface area contributed by atoms with Gasteiger partial charge in [0.2, 0.25) is 0 Å². The first-order valence-electron chi connectivity index (χ1n) is 28.9. The normalized spacial score (nSPS) is 22.0. The number of sulfonamides is 1. The van der Waals surface area contributed by atoms with Crippen molar-refractivity contribution in [1.29, 1.82) is 0 Å². The molecule has 1 amide bonds. The lowest BCUT2D eigenvalue weighted by Gasteiger charge is -2.58. The summed E-state index contributed by atoms with van der Waals surface area (Å²) in [7, 11) is -1.93. The number of H-pyrrole nitrogens is 1. The van der Waals surface area contributed by atoms with Crippen LogP contribution in [0.3, 0.4) is 0 Å². The molecular formula is C63H75F2N9O8S. The number of aliphatic hydroxyl groups is 1. The van der Waals surface area contributed by atoms with Crippen LogP contribution in [0.25, 0.3) is 16.9 Å². The number of nitrogens with one attached hydrogen (secondary N) is 4. The predicted octanol–water partition coefficient (Wildman–Crippen LogP) is 10.0. The first kappa shape index (κ1) is 57.9. The molecule has 3 atom stereocenters. The summed E-state index contributed by atoms with van der Waals surface area (Å²) >= 11 is 0. The molecule has 2 saturated heterocycles. The lowest BCUT2D eigenvalue weighted by molar-refractivity contribution is -0.750. The monoisotopic (exact) mass is 1160 g/mol. The Balaban J connectivity index is 0.814. The lowest BCUT2D eigenvalue weighted by atomic mass is 9.59. The van der Waals surface area contributed by atoms with Crippen LogP contribution in [0.4, 0.5) is 25.8 Å². The van der Waals surface area contributed by atoms with Crippen molar-refractivity contribution in [3.05, 3.63) is 143 Å². The zero-order valence-corrected chi connectivity index (χ0v) is 48.7. The Bertz CT molecular complexity index is 3510. The van der Waals surface area contributed by atoms with E-state index in [1.165, 1.54) is 49.8 Å². The Morgan fingerprint density at radius 1 is 1.01 bits per heavy atom. The Hall–Kier alpha value is -6.94. The average Bonchev–Trinajstić information content (AvgIpc) is 4.21. The first-order chi connectivity index (χ1) is 39.8. The van der Waals surface area contributed by atoms with Gasteiger partial charge in [0.25, 0.3) is 28.2 Å². The number of hydrogen-bond donors (Lipinski definition) is 5. The Morgan fingerprint density at radius 3 is 2.47 bits per heavy atom. The zero-order valence-electron chi connectivity index (χ0n) is 47.9.